The molecule has 17 heavy (non-hydrogen) atoms. The minimum absolute atomic E-state index is 0.901. The van der Waals surface area contributed by atoms with Crippen molar-refractivity contribution in [3.63, 3.8) is 0 Å². The Kier molecular flexibility index (Phi) is 7.92. The molecule has 0 bridgehead atoms. The van der Waals surface area contributed by atoms with Gasteiger partial charge < -0.3 is 4.90 Å². The second-order valence-corrected chi connectivity index (χ2v) is 6.02. The van der Waals surface area contributed by atoms with Crippen LogP contribution in [0.4, 0.5) is 0 Å². The van der Waals surface area contributed by atoms with Gasteiger partial charge in [-0.3, -0.25) is 0 Å². The Morgan fingerprint density at radius 2 is 1.76 bits per heavy atom. The molecular formula is C16H33N. The molecule has 0 radical (unpaired) electrons. The van der Waals surface area contributed by atoms with Gasteiger partial charge in [-0.1, -0.05) is 58.8 Å². The minimum Gasteiger partial charge on any atom is -0.303 e. The fourth-order valence-corrected chi connectivity index (χ4v) is 3.22. The number of nitrogens with zero attached hydrogens (tertiary/aromatic N) is 1. The maximum atomic E-state index is 2.60. The van der Waals surface area contributed by atoms with Crippen molar-refractivity contribution in [2.24, 2.45) is 5.92 Å². The van der Waals surface area contributed by atoms with Crippen LogP contribution in [0.3, 0.4) is 0 Å². The van der Waals surface area contributed by atoms with Crippen molar-refractivity contribution in [2.45, 2.75) is 84.1 Å². The molecule has 0 aromatic carbocycles. The van der Waals surface area contributed by atoms with Crippen LogP contribution < -0.4 is 0 Å². The molecule has 1 heterocycles. The third kappa shape index (κ3) is 5.90. The van der Waals surface area contributed by atoms with Gasteiger partial charge >= 0.3 is 0 Å². The van der Waals surface area contributed by atoms with Crippen LogP contribution in [-0.4, -0.2) is 24.5 Å². The molecule has 1 heteroatoms. The van der Waals surface area contributed by atoms with Crippen molar-refractivity contribution >= 4 is 0 Å². The zero-order valence-corrected chi connectivity index (χ0v) is 12.4. The average molecular weight is 239 g/mol. The van der Waals surface area contributed by atoms with E-state index in [4.69, 9.17) is 0 Å². The molecule has 0 spiro atoms. The molecule has 1 fully saturated rings. The van der Waals surface area contributed by atoms with E-state index in [0.29, 0.717) is 0 Å². The lowest BCUT2D eigenvalue weighted by molar-refractivity contribution is 0.243. The van der Waals surface area contributed by atoms with Crippen LogP contribution in [-0.2, 0) is 0 Å². The molecule has 0 aromatic rings. The standard InChI is InChI=1S/C16H33N/c1-4-6-8-11-15(10-7-5-2)14-16-12-9-13-17(16)3/h15-16H,4-14H2,1-3H3. The van der Waals surface area contributed by atoms with E-state index in [1.165, 1.54) is 70.8 Å². The van der Waals surface area contributed by atoms with Crippen molar-refractivity contribution in [3.05, 3.63) is 0 Å². The first-order valence-corrected chi connectivity index (χ1v) is 7.98. The number of hydrogen-bond acceptors (Lipinski definition) is 1. The number of likely N-dealkylation sites (tertiary alicyclic amines) is 1. The zero-order chi connectivity index (χ0) is 12.5. The lowest BCUT2D eigenvalue weighted by Gasteiger charge is -2.25. The van der Waals surface area contributed by atoms with E-state index in [9.17, 15) is 0 Å². The number of rotatable bonds is 9. The molecule has 1 saturated heterocycles. The molecule has 0 aromatic heterocycles. The lowest BCUT2D eigenvalue weighted by Crippen LogP contribution is -2.27. The Balaban J connectivity index is 2.27. The molecule has 0 amide bonds. The summed E-state index contributed by atoms with van der Waals surface area (Å²) >= 11 is 0. The van der Waals surface area contributed by atoms with E-state index in [1.807, 2.05) is 0 Å². The fraction of sp³-hybridized carbons (Fsp3) is 1.00. The van der Waals surface area contributed by atoms with E-state index in [-0.39, 0.29) is 0 Å². The Labute approximate surface area is 109 Å². The Bertz CT molecular complexity index is 178. The monoisotopic (exact) mass is 239 g/mol. The highest BCUT2D eigenvalue weighted by Crippen LogP contribution is 2.28. The minimum atomic E-state index is 0.901. The van der Waals surface area contributed by atoms with Gasteiger partial charge in [-0.15, -0.1) is 0 Å². The van der Waals surface area contributed by atoms with Crippen LogP contribution in [0.15, 0.2) is 0 Å². The molecule has 0 saturated carbocycles. The topological polar surface area (TPSA) is 3.24 Å². The maximum Gasteiger partial charge on any atom is 0.00953 e. The average Bonchev–Trinajstić information content (AvgIpc) is 2.72. The van der Waals surface area contributed by atoms with Crippen LogP contribution in [0, 0.1) is 5.92 Å². The quantitative estimate of drug-likeness (QED) is 0.519. The zero-order valence-electron chi connectivity index (χ0n) is 12.4. The first kappa shape index (κ1) is 15.0. The summed E-state index contributed by atoms with van der Waals surface area (Å²) < 4.78 is 0. The summed E-state index contributed by atoms with van der Waals surface area (Å²) in [5.74, 6) is 1.01. The largest absolute Gasteiger partial charge is 0.303 e. The van der Waals surface area contributed by atoms with Crippen molar-refractivity contribution in [3.8, 4) is 0 Å². The van der Waals surface area contributed by atoms with Crippen LogP contribution in [0.1, 0.15) is 78.1 Å². The second kappa shape index (κ2) is 8.97. The first-order valence-electron chi connectivity index (χ1n) is 7.98. The van der Waals surface area contributed by atoms with Gasteiger partial charge in [0.2, 0.25) is 0 Å². The van der Waals surface area contributed by atoms with Gasteiger partial charge in [0.1, 0.15) is 0 Å². The molecule has 2 atom stereocenters. The molecule has 102 valence electrons. The summed E-state index contributed by atoms with van der Waals surface area (Å²) in [6.45, 7) is 5.97. The number of hydrogen-bond donors (Lipinski definition) is 0. The number of unbranched alkanes of at least 4 members (excludes halogenated alkanes) is 3. The molecule has 1 aliphatic rings. The molecular weight excluding hydrogens is 206 g/mol. The van der Waals surface area contributed by atoms with Crippen molar-refractivity contribution in [2.75, 3.05) is 13.6 Å². The van der Waals surface area contributed by atoms with Gasteiger partial charge in [0, 0.05) is 6.04 Å². The lowest BCUT2D eigenvalue weighted by atomic mass is 9.89. The SMILES string of the molecule is CCCCCC(CCCC)CC1CCCN1C. The summed E-state index contributed by atoms with van der Waals surface area (Å²) in [7, 11) is 2.32. The molecule has 2 unspecified atom stereocenters. The van der Waals surface area contributed by atoms with E-state index in [1.54, 1.807) is 0 Å². The van der Waals surface area contributed by atoms with Crippen LogP contribution >= 0.6 is 0 Å². The molecule has 0 aliphatic carbocycles. The van der Waals surface area contributed by atoms with E-state index in [2.05, 4.69) is 25.8 Å². The highest BCUT2D eigenvalue weighted by molar-refractivity contribution is 4.79. The van der Waals surface area contributed by atoms with Crippen molar-refractivity contribution in [1.82, 2.24) is 4.90 Å². The normalized spacial score (nSPS) is 23.1. The first-order chi connectivity index (χ1) is 8.27. The van der Waals surface area contributed by atoms with Crippen LogP contribution in [0.25, 0.3) is 0 Å². The molecule has 1 nitrogen and oxygen atoms in total. The summed E-state index contributed by atoms with van der Waals surface area (Å²) in [6.07, 6.45) is 14.4. The van der Waals surface area contributed by atoms with Crippen molar-refractivity contribution < 1.29 is 0 Å². The van der Waals surface area contributed by atoms with E-state index < -0.39 is 0 Å². The third-order valence-corrected chi connectivity index (χ3v) is 4.46. The van der Waals surface area contributed by atoms with E-state index in [0.717, 1.165) is 12.0 Å². The van der Waals surface area contributed by atoms with Gasteiger partial charge in [-0.05, 0) is 38.8 Å². The Morgan fingerprint density at radius 3 is 2.35 bits per heavy atom. The maximum absolute atomic E-state index is 2.60. The third-order valence-electron chi connectivity index (χ3n) is 4.46. The smallest absolute Gasteiger partial charge is 0.00953 e. The van der Waals surface area contributed by atoms with Gasteiger partial charge in [0.25, 0.3) is 0 Å². The highest BCUT2D eigenvalue weighted by atomic mass is 15.1. The predicted octanol–water partition coefficient (Wildman–Crippen LogP) is 4.86. The summed E-state index contributed by atoms with van der Waals surface area (Å²) in [6, 6.07) is 0.901. The van der Waals surface area contributed by atoms with Gasteiger partial charge in [-0.25, -0.2) is 0 Å². The Morgan fingerprint density at radius 1 is 1.06 bits per heavy atom. The van der Waals surface area contributed by atoms with Crippen LogP contribution in [0.2, 0.25) is 0 Å². The van der Waals surface area contributed by atoms with Gasteiger partial charge in [0.15, 0.2) is 0 Å². The van der Waals surface area contributed by atoms with Gasteiger partial charge in [0.05, 0.1) is 0 Å². The van der Waals surface area contributed by atoms with Crippen LogP contribution in [0.5, 0.6) is 0 Å². The van der Waals surface area contributed by atoms with Crippen molar-refractivity contribution in [1.29, 1.82) is 0 Å². The summed E-state index contributed by atoms with van der Waals surface area (Å²) in [5.41, 5.74) is 0. The predicted molar refractivity (Wildman–Crippen MR) is 77.4 cm³/mol. The van der Waals surface area contributed by atoms with E-state index >= 15 is 0 Å². The molecule has 0 N–H and O–H groups in total. The second-order valence-electron chi connectivity index (χ2n) is 6.02. The van der Waals surface area contributed by atoms with Gasteiger partial charge in [-0.2, -0.15) is 0 Å². The summed E-state index contributed by atoms with van der Waals surface area (Å²) in [4.78, 5) is 2.60. The molecule has 1 aliphatic heterocycles. The fourth-order valence-electron chi connectivity index (χ4n) is 3.22. The molecule has 1 rings (SSSR count). The summed E-state index contributed by atoms with van der Waals surface area (Å²) in [5, 5.41) is 0. The Hall–Kier alpha value is -0.0400. The highest BCUT2D eigenvalue weighted by Gasteiger charge is 2.23.